The van der Waals surface area contributed by atoms with Gasteiger partial charge in [0.25, 0.3) is 5.56 Å². The van der Waals surface area contributed by atoms with Crippen molar-refractivity contribution in [3.05, 3.63) is 93.4 Å². The van der Waals surface area contributed by atoms with Crippen LogP contribution in [0.2, 0.25) is 5.02 Å². The fraction of sp³-hybridized carbons (Fsp3) is 0.0500. The first-order chi connectivity index (χ1) is 12.6. The summed E-state index contributed by atoms with van der Waals surface area (Å²) in [6.45, 7) is 1.94. The highest BCUT2D eigenvalue weighted by atomic mass is 35.5. The average Bonchev–Trinajstić information content (AvgIpc) is 2.67. The number of rotatable bonds is 5. The zero-order chi connectivity index (χ0) is 18.4. The Morgan fingerprint density at radius 1 is 1.12 bits per heavy atom. The normalized spacial score (nSPS) is 11.7. The highest BCUT2D eigenvalue weighted by Gasteiger charge is 2.09. The van der Waals surface area contributed by atoms with Gasteiger partial charge in [-0.3, -0.25) is 10.2 Å². The fourth-order valence-corrected chi connectivity index (χ4v) is 2.49. The Hall–Kier alpha value is -3.18. The van der Waals surface area contributed by atoms with Gasteiger partial charge in [0, 0.05) is 0 Å². The number of halogens is 1. The van der Waals surface area contributed by atoms with Gasteiger partial charge in [-0.1, -0.05) is 66.2 Å². The van der Waals surface area contributed by atoms with E-state index in [1.54, 1.807) is 18.3 Å². The third kappa shape index (κ3) is 4.26. The summed E-state index contributed by atoms with van der Waals surface area (Å²) in [6, 6.07) is 19.0. The minimum Gasteiger partial charge on any atom is -0.275 e. The monoisotopic (exact) mass is 364 g/mol. The molecule has 0 bridgehead atoms. The molecule has 0 fully saturated rings. The van der Waals surface area contributed by atoms with E-state index in [2.05, 4.69) is 15.6 Å². The fourth-order valence-electron chi connectivity index (χ4n) is 2.32. The smallest absolute Gasteiger partial charge is 0.275 e. The number of nitrogens with zero attached hydrogens (tertiary/aromatic N) is 3. The summed E-state index contributed by atoms with van der Waals surface area (Å²) in [5.74, 6) is 0. The second kappa shape index (κ2) is 8.27. The summed E-state index contributed by atoms with van der Waals surface area (Å²) < 4.78 is 1.25. The number of anilines is 1. The molecule has 0 saturated carbocycles. The van der Waals surface area contributed by atoms with Crippen LogP contribution >= 0.6 is 11.6 Å². The molecule has 0 atom stereocenters. The summed E-state index contributed by atoms with van der Waals surface area (Å²) in [7, 11) is 0. The number of hydrazone groups is 1. The molecule has 6 heteroatoms. The number of nitrogens with one attached hydrogen (secondary N) is 1. The number of allylic oxidation sites excluding steroid dienone is 1. The number of benzene rings is 2. The minimum atomic E-state index is -0.408. The van der Waals surface area contributed by atoms with Crippen LogP contribution in [0.1, 0.15) is 12.5 Å². The van der Waals surface area contributed by atoms with Crippen LogP contribution < -0.4 is 11.0 Å². The molecule has 130 valence electrons. The summed E-state index contributed by atoms with van der Waals surface area (Å²) in [5, 5.41) is 8.30. The Morgan fingerprint density at radius 3 is 2.46 bits per heavy atom. The minimum absolute atomic E-state index is 0.0331. The van der Waals surface area contributed by atoms with Gasteiger partial charge in [-0.2, -0.15) is 14.9 Å². The lowest BCUT2D eigenvalue weighted by Gasteiger charge is -2.07. The van der Waals surface area contributed by atoms with Gasteiger partial charge in [-0.15, -0.1) is 0 Å². The van der Waals surface area contributed by atoms with Crippen LogP contribution in [-0.2, 0) is 0 Å². The topological polar surface area (TPSA) is 59.3 Å². The Balaban J connectivity index is 1.76. The van der Waals surface area contributed by atoms with Crippen LogP contribution in [0, 0.1) is 0 Å². The summed E-state index contributed by atoms with van der Waals surface area (Å²) in [4.78, 5) is 12.4. The number of hydrogen-bond acceptors (Lipinski definition) is 4. The predicted octanol–water partition coefficient (Wildman–Crippen LogP) is 4.39. The van der Waals surface area contributed by atoms with E-state index in [9.17, 15) is 4.79 Å². The lowest BCUT2D eigenvalue weighted by atomic mass is 10.1. The van der Waals surface area contributed by atoms with E-state index in [-0.39, 0.29) is 5.02 Å². The van der Waals surface area contributed by atoms with E-state index in [1.165, 1.54) is 10.9 Å². The van der Waals surface area contributed by atoms with Crippen molar-refractivity contribution < 1.29 is 0 Å². The molecule has 1 aromatic heterocycles. The molecule has 0 aliphatic rings. The maximum absolute atomic E-state index is 12.4. The molecule has 0 aliphatic carbocycles. The van der Waals surface area contributed by atoms with Gasteiger partial charge in [0.2, 0.25) is 0 Å². The van der Waals surface area contributed by atoms with E-state index < -0.39 is 5.56 Å². The van der Waals surface area contributed by atoms with Crippen LogP contribution in [-0.4, -0.2) is 16.0 Å². The lowest BCUT2D eigenvalue weighted by molar-refractivity contribution is 0.808. The molecule has 0 radical (unpaired) electrons. The van der Waals surface area contributed by atoms with Gasteiger partial charge < -0.3 is 0 Å². The van der Waals surface area contributed by atoms with Crippen molar-refractivity contribution in [2.75, 3.05) is 5.43 Å². The molecule has 5 nitrogen and oxygen atoms in total. The van der Waals surface area contributed by atoms with Crippen molar-refractivity contribution in [3.63, 3.8) is 0 Å². The molecule has 3 aromatic rings. The van der Waals surface area contributed by atoms with Crippen molar-refractivity contribution in [2.24, 2.45) is 5.10 Å². The molecule has 0 unspecified atom stereocenters. The zero-order valence-corrected chi connectivity index (χ0v) is 14.9. The quantitative estimate of drug-likeness (QED) is 0.539. The summed E-state index contributed by atoms with van der Waals surface area (Å²) in [5.41, 5.74) is 5.40. The van der Waals surface area contributed by atoms with Crippen molar-refractivity contribution in [1.82, 2.24) is 9.78 Å². The molecule has 0 amide bonds. The van der Waals surface area contributed by atoms with Gasteiger partial charge in [0.15, 0.2) is 0 Å². The first-order valence-electron chi connectivity index (χ1n) is 8.01. The van der Waals surface area contributed by atoms with E-state index >= 15 is 0 Å². The molecule has 1 heterocycles. The molecular weight excluding hydrogens is 348 g/mol. The average molecular weight is 365 g/mol. The second-order valence-electron chi connectivity index (χ2n) is 5.59. The number of hydrogen-bond donors (Lipinski definition) is 1. The van der Waals surface area contributed by atoms with Gasteiger partial charge >= 0.3 is 0 Å². The molecule has 1 N–H and O–H groups in total. The van der Waals surface area contributed by atoms with Crippen LogP contribution in [0.15, 0.2) is 82.3 Å². The standard InChI is InChI=1S/C20H17ClN4O/c1-15(12-16-8-4-2-5-9-16)13-22-24-18-14-23-25(20(26)19(18)21)17-10-6-3-7-11-17/h2-14,24H,1H3. The molecule has 0 spiro atoms. The molecule has 0 saturated heterocycles. The van der Waals surface area contributed by atoms with Gasteiger partial charge in [-0.25, -0.2) is 0 Å². The first kappa shape index (κ1) is 17.6. The van der Waals surface area contributed by atoms with E-state index in [0.29, 0.717) is 11.4 Å². The number of para-hydroxylation sites is 1. The third-order valence-electron chi connectivity index (χ3n) is 3.57. The van der Waals surface area contributed by atoms with Crippen molar-refractivity contribution in [3.8, 4) is 5.69 Å². The van der Waals surface area contributed by atoms with Crippen molar-refractivity contribution in [2.45, 2.75) is 6.92 Å². The Kier molecular flexibility index (Phi) is 5.61. The highest BCUT2D eigenvalue weighted by molar-refractivity contribution is 6.32. The van der Waals surface area contributed by atoms with E-state index in [0.717, 1.165) is 11.1 Å². The Morgan fingerprint density at radius 2 is 1.77 bits per heavy atom. The largest absolute Gasteiger partial charge is 0.292 e. The summed E-state index contributed by atoms with van der Waals surface area (Å²) in [6.07, 6.45) is 5.13. The van der Waals surface area contributed by atoms with Gasteiger partial charge in [0.1, 0.15) is 10.7 Å². The molecule has 0 aliphatic heterocycles. The predicted molar refractivity (Wildman–Crippen MR) is 107 cm³/mol. The molecule has 2 aromatic carbocycles. The van der Waals surface area contributed by atoms with Crippen LogP contribution in [0.3, 0.4) is 0 Å². The first-order valence-corrected chi connectivity index (χ1v) is 8.38. The zero-order valence-electron chi connectivity index (χ0n) is 14.1. The summed E-state index contributed by atoms with van der Waals surface area (Å²) >= 11 is 6.17. The lowest BCUT2D eigenvalue weighted by Crippen LogP contribution is -2.22. The maximum atomic E-state index is 12.4. The number of aromatic nitrogens is 2. The van der Waals surface area contributed by atoms with Crippen molar-refractivity contribution >= 4 is 29.6 Å². The second-order valence-corrected chi connectivity index (χ2v) is 5.97. The van der Waals surface area contributed by atoms with Crippen LogP contribution in [0.5, 0.6) is 0 Å². The highest BCUT2D eigenvalue weighted by Crippen LogP contribution is 2.16. The molecule has 26 heavy (non-hydrogen) atoms. The third-order valence-corrected chi connectivity index (χ3v) is 3.93. The molecule has 3 rings (SSSR count). The van der Waals surface area contributed by atoms with E-state index in [4.69, 9.17) is 11.6 Å². The van der Waals surface area contributed by atoms with Crippen molar-refractivity contribution in [1.29, 1.82) is 0 Å². The SMILES string of the molecule is CC(C=NNc1cnn(-c2ccccc2)c(=O)c1Cl)=Cc1ccccc1. The molecular formula is C20H17ClN4O. The Labute approximate surface area is 156 Å². The maximum Gasteiger partial charge on any atom is 0.292 e. The van der Waals surface area contributed by atoms with Gasteiger partial charge in [0.05, 0.1) is 18.1 Å². The van der Waals surface area contributed by atoms with E-state index in [1.807, 2.05) is 61.5 Å². The van der Waals surface area contributed by atoms with Crippen LogP contribution in [0.25, 0.3) is 11.8 Å². The van der Waals surface area contributed by atoms with Gasteiger partial charge in [-0.05, 0) is 30.2 Å². The Bertz CT molecular complexity index is 995. The van der Waals surface area contributed by atoms with Crippen LogP contribution in [0.4, 0.5) is 5.69 Å².